The molecule has 3 rings (SSSR count). The van der Waals surface area contributed by atoms with Crippen LogP contribution in [-0.2, 0) is 16.0 Å². The molecule has 0 radical (unpaired) electrons. The van der Waals surface area contributed by atoms with E-state index >= 15 is 0 Å². The summed E-state index contributed by atoms with van der Waals surface area (Å²) in [5.74, 6) is 0.456. The minimum absolute atomic E-state index is 0.119. The number of ether oxygens (including phenoxy) is 1. The molecule has 2 nitrogen and oxygen atoms in total. The van der Waals surface area contributed by atoms with Crippen molar-refractivity contribution in [3.05, 3.63) is 21.9 Å². The van der Waals surface area contributed by atoms with Crippen LogP contribution in [0.4, 0.5) is 0 Å². The van der Waals surface area contributed by atoms with E-state index in [2.05, 4.69) is 11.4 Å². The van der Waals surface area contributed by atoms with E-state index in [0.717, 1.165) is 45.1 Å². The van der Waals surface area contributed by atoms with E-state index < -0.39 is 0 Å². The molecule has 1 aliphatic heterocycles. The van der Waals surface area contributed by atoms with E-state index in [9.17, 15) is 4.79 Å². The third kappa shape index (κ3) is 2.18. The lowest BCUT2D eigenvalue weighted by Crippen LogP contribution is -2.33. The summed E-state index contributed by atoms with van der Waals surface area (Å²) in [5, 5.41) is 2.12. The van der Waals surface area contributed by atoms with Crippen molar-refractivity contribution in [2.24, 2.45) is 0 Å². The SMILES string of the molecule is O=C(C1CCCCO1)C1CCCc2sccc21. The van der Waals surface area contributed by atoms with Gasteiger partial charge in [-0.1, -0.05) is 0 Å². The zero-order valence-electron chi connectivity index (χ0n) is 9.98. The minimum atomic E-state index is -0.125. The Hall–Kier alpha value is -0.670. The zero-order valence-corrected chi connectivity index (χ0v) is 10.8. The number of rotatable bonds is 2. The van der Waals surface area contributed by atoms with Crippen LogP contribution in [0.3, 0.4) is 0 Å². The average molecular weight is 250 g/mol. The molecule has 17 heavy (non-hydrogen) atoms. The number of hydrogen-bond donors (Lipinski definition) is 0. The fraction of sp³-hybridized carbons (Fsp3) is 0.643. The molecule has 3 heteroatoms. The molecule has 2 aliphatic rings. The molecule has 1 aromatic heterocycles. The first-order valence-electron chi connectivity index (χ1n) is 6.58. The Labute approximate surface area is 106 Å². The average Bonchev–Trinajstić information content (AvgIpc) is 2.87. The number of Topliss-reactive ketones (excluding diaryl/α,β-unsaturated/α-hetero) is 1. The smallest absolute Gasteiger partial charge is 0.169 e. The summed E-state index contributed by atoms with van der Waals surface area (Å²) in [6, 6.07) is 2.14. The summed E-state index contributed by atoms with van der Waals surface area (Å²) in [5.41, 5.74) is 1.29. The van der Waals surface area contributed by atoms with Crippen LogP contribution in [0.25, 0.3) is 0 Å². The molecular formula is C14H18O2S. The van der Waals surface area contributed by atoms with Crippen molar-refractivity contribution in [1.29, 1.82) is 0 Å². The van der Waals surface area contributed by atoms with Crippen molar-refractivity contribution < 1.29 is 9.53 Å². The fourth-order valence-corrected chi connectivity index (χ4v) is 3.96. The molecule has 0 aromatic carbocycles. The van der Waals surface area contributed by atoms with Crippen LogP contribution in [-0.4, -0.2) is 18.5 Å². The van der Waals surface area contributed by atoms with Gasteiger partial charge in [-0.25, -0.2) is 0 Å². The summed E-state index contributed by atoms with van der Waals surface area (Å²) in [6.45, 7) is 0.764. The third-order valence-corrected chi connectivity index (χ3v) is 4.89. The normalized spacial score (nSPS) is 28.7. The largest absolute Gasteiger partial charge is 0.370 e. The molecule has 1 aromatic rings. The van der Waals surface area contributed by atoms with Crippen molar-refractivity contribution >= 4 is 17.1 Å². The summed E-state index contributed by atoms with van der Waals surface area (Å²) < 4.78 is 5.64. The molecule has 2 atom stereocenters. The Bertz CT molecular complexity index is 404. The molecule has 0 saturated carbocycles. The fourth-order valence-electron chi connectivity index (χ4n) is 2.97. The standard InChI is InChI=1S/C14H18O2S/c15-14(12-5-1-2-8-16-12)11-4-3-6-13-10(11)7-9-17-13/h7,9,11-12H,1-6,8H2. The highest BCUT2D eigenvalue weighted by Crippen LogP contribution is 2.37. The first-order chi connectivity index (χ1) is 8.36. The highest BCUT2D eigenvalue weighted by molar-refractivity contribution is 7.10. The lowest BCUT2D eigenvalue weighted by atomic mass is 9.82. The highest BCUT2D eigenvalue weighted by atomic mass is 32.1. The van der Waals surface area contributed by atoms with Gasteiger partial charge in [0.05, 0.1) is 0 Å². The number of fused-ring (bicyclic) bond motifs is 1. The second-order valence-electron chi connectivity index (χ2n) is 5.00. The van der Waals surface area contributed by atoms with E-state index in [1.54, 1.807) is 11.3 Å². The Morgan fingerprint density at radius 2 is 2.24 bits per heavy atom. The molecule has 0 bridgehead atoms. The molecule has 0 amide bonds. The van der Waals surface area contributed by atoms with Gasteiger partial charge in [0.25, 0.3) is 0 Å². The Kier molecular flexibility index (Phi) is 3.30. The summed E-state index contributed by atoms with van der Waals surface area (Å²) in [7, 11) is 0. The van der Waals surface area contributed by atoms with Gasteiger partial charge in [0.15, 0.2) is 5.78 Å². The number of hydrogen-bond acceptors (Lipinski definition) is 3. The van der Waals surface area contributed by atoms with E-state index in [-0.39, 0.29) is 12.0 Å². The minimum Gasteiger partial charge on any atom is -0.370 e. The second kappa shape index (κ2) is 4.91. The van der Waals surface area contributed by atoms with E-state index in [4.69, 9.17) is 4.74 Å². The topological polar surface area (TPSA) is 26.3 Å². The maximum Gasteiger partial charge on any atom is 0.169 e. The van der Waals surface area contributed by atoms with Crippen LogP contribution in [0.15, 0.2) is 11.4 Å². The molecule has 2 heterocycles. The van der Waals surface area contributed by atoms with Gasteiger partial charge in [-0.15, -0.1) is 11.3 Å². The third-order valence-electron chi connectivity index (χ3n) is 3.89. The Morgan fingerprint density at radius 3 is 3.06 bits per heavy atom. The van der Waals surface area contributed by atoms with Gasteiger partial charge in [-0.3, -0.25) is 4.79 Å². The van der Waals surface area contributed by atoms with Gasteiger partial charge < -0.3 is 4.74 Å². The molecular weight excluding hydrogens is 232 g/mol. The van der Waals surface area contributed by atoms with Crippen LogP contribution in [0, 0.1) is 0 Å². The number of ketones is 1. The van der Waals surface area contributed by atoms with Crippen molar-refractivity contribution in [1.82, 2.24) is 0 Å². The monoisotopic (exact) mass is 250 g/mol. The van der Waals surface area contributed by atoms with Crippen LogP contribution in [0.1, 0.15) is 48.5 Å². The van der Waals surface area contributed by atoms with E-state index in [1.165, 1.54) is 10.4 Å². The zero-order chi connectivity index (χ0) is 11.7. The molecule has 2 unspecified atom stereocenters. The first kappa shape index (κ1) is 11.4. The number of carbonyl (C=O) groups is 1. The van der Waals surface area contributed by atoms with Crippen molar-refractivity contribution in [2.45, 2.75) is 50.5 Å². The molecule has 1 fully saturated rings. The molecule has 0 spiro atoms. The number of aryl methyl sites for hydroxylation is 1. The van der Waals surface area contributed by atoms with E-state index in [0.29, 0.717) is 5.78 Å². The van der Waals surface area contributed by atoms with Crippen LogP contribution in [0.5, 0.6) is 0 Å². The predicted octanol–water partition coefficient (Wildman–Crippen LogP) is 3.31. The summed E-state index contributed by atoms with van der Waals surface area (Å²) in [4.78, 5) is 13.9. The van der Waals surface area contributed by atoms with Gasteiger partial charge >= 0.3 is 0 Å². The van der Waals surface area contributed by atoms with Crippen molar-refractivity contribution in [3.63, 3.8) is 0 Å². The molecule has 1 saturated heterocycles. The number of carbonyl (C=O) groups excluding carboxylic acids is 1. The predicted molar refractivity (Wildman–Crippen MR) is 68.6 cm³/mol. The van der Waals surface area contributed by atoms with Crippen molar-refractivity contribution in [2.75, 3.05) is 6.61 Å². The van der Waals surface area contributed by atoms with Gasteiger partial charge in [0.1, 0.15) is 6.10 Å². The van der Waals surface area contributed by atoms with E-state index in [1.807, 2.05) is 0 Å². The molecule has 0 N–H and O–H groups in total. The van der Waals surface area contributed by atoms with Gasteiger partial charge in [-0.2, -0.15) is 0 Å². The Morgan fingerprint density at radius 1 is 1.29 bits per heavy atom. The Balaban J connectivity index is 1.79. The first-order valence-corrected chi connectivity index (χ1v) is 7.46. The second-order valence-corrected chi connectivity index (χ2v) is 6.00. The quantitative estimate of drug-likeness (QED) is 0.805. The summed E-state index contributed by atoms with van der Waals surface area (Å²) in [6.07, 6.45) is 6.37. The van der Waals surface area contributed by atoms with Crippen LogP contribution in [0.2, 0.25) is 0 Å². The van der Waals surface area contributed by atoms with Gasteiger partial charge in [0.2, 0.25) is 0 Å². The van der Waals surface area contributed by atoms with Crippen LogP contribution >= 0.6 is 11.3 Å². The van der Waals surface area contributed by atoms with Gasteiger partial charge in [0, 0.05) is 17.4 Å². The molecule has 92 valence electrons. The van der Waals surface area contributed by atoms with Gasteiger partial charge in [-0.05, 0) is 55.5 Å². The highest BCUT2D eigenvalue weighted by Gasteiger charge is 2.33. The lowest BCUT2D eigenvalue weighted by molar-refractivity contribution is -0.135. The maximum absolute atomic E-state index is 12.5. The maximum atomic E-state index is 12.5. The van der Waals surface area contributed by atoms with Crippen LogP contribution < -0.4 is 0 Å². The lowest BCUT2D eigenvalue weighted by Gasteiger charge is -2.28. The summed E-state index contributed by atoms with van der Waals surface area (Å²) >= 11 is 1.80. The number of thiophene rings is 1. The van der Waals surface area contributed by atoms with Crippen molar-refractivity contribution in [3.8, 4) is 0 Å². The molecule has 1 aliphatic carbocycles.